The summed E-state index contributed by atoms with van der Waals surface area (Å²) in [6.07, 6.45) is 13.1. The first-order valence-corrected chi connectivity index (χ1v) is 31.2. The number of unbranched alkanes of at least 4 members (excludes halogenated alkanes) is 26. The summed E-state index contributed by atoms with van der Waals surface area (Å²) in [5, 5.41) is 21.8. The Bertz CT molecular complexity index is 1520. The molecule has 410 valence electrons. The maximum absolute atomic E-state index is 13.3. The maximum Gasteiger partial charge on any atom is 0.472 e. The highest BCUT2D eigenvalue weighted by molar-refractivity contribution is 7.47. The topological polar surface area (TPSA) is 349 Å². The van der Waals surface area contributed by atoms with E-state index in [-0.39, 0.29) is 12.8 Å². The van der Waals surface area contributed by atoms with Gasteiger partial charge in [0.25, 0.3) is 0 Å². The third-order valence-corrected chi connectivity index (χ3v) is 14.2. The van der Waals surface area contributed by atoms with Crippen LogP contribution in [-0.4, -0.2) is 112 Å². The van der Waals surface area contributed by atoms with Crippen LogP contribution in [0.3, 0.4) is 0 Å². The SMILES string of the molecule is CCCCCCCCCCCCCCCCCC(=O)OC(COC(=O)CCCCCCCCCCCCCCC)COP(=O)(O)OC1C(O)C(OP(=O)(O)O)C(OP(=O)(O)O)C(OP(=O)(O)O)C1O. The molecular weight excluding hydrogens is 992 g/mol. The summed E-state index contributed by atoms with van der Waals surface area (Å²) < 4.78 is 82.2. The van der Waals surface area contributed by atoms with Crippen molar-refractivity contribution in [3.05, 3.63) is 0 Å². The zero-order valence-corrected chi connectivity index (χ0v) is 44.4. The second kappa shape index (κ2) is 37.1. The Kier molecular flexibility index (Phi) is 35.7. The van der Waals surface area contributed by atoms with E-state index < -0.39 is 99.2 Å². The van der Waals surface area contributed by atoms with E-state index in [1.54, 1.807) is 0 Å². The number of ether oxygens (including phenoxy) is 2. The van der Waals surface area contributed by atoms with Crippen molar-refractivity contribution >= 4 is 43.2 Å². The van der Waals surface area contributed by atoms with Crippen molar-refractivity contribution in [2.75, 3.05) is 13.2 Å². The van der Waals surface area contributed by atoms with Gasteiger partial charge in [-0.2, -0.15) is 0 Å². The van der Waals surface area contributed by atoms with Crippen molar-refractivity contribution in [3.8, 4) is 0 Å². The highest BCUT2D eigenvalue weighted by Gasteiger charge is 2.59. The first-order valence-electron chi connectivity index (χ1n) is 25.1. The quantitative estimate of drug-likeness (QED) is 0.0156. The van der Waals surface area contributed by atoms with Gasteiger partial charge >= 0.3 is 43.2 Å². The smallest absolute Gasteiger partial charge is 0.462 e. The van der Waals surface area contributed by atoms with E-state index in [9.17, 15) is 72.3 Å². The molecule has 6 unspecified atom stereocenters. The molecule has 9 N–H and O–H groups in total. The van der Waals surface area contributed by atoms with Crippen molar-refractivity contribution in [2.24, 2.45) is 0 Å². The van der Waals surface area contributed by atoms with Gasteiger partial charge in [0.2, 0.25) is 0 Å². The molecule has 0 aliphatic heterocycles. The van der Waals surface area contributed by atoms with E-state index in [4.69, 9.17) is 18.5 Å². The van der Waals surface area contributed by atoms with E-state index >= 15 is 0 Å². The summed E-state index contributed by atoms with van der Waals surface area (Å²) in [5.74, 6) is -1.39. The molecule has 0 spiro atoms. The number of phosphoric acid groups is 4. The molecule has 0 radical (unpaired) electrons. The number of esters is 2. The van der Waals surface area contributed by atoms with E-state index in [0.29, 0.717) is 12.8 Å². The fraction of sp³-hybridized carbons (Fsp3) is 0.953. The van der Waals surface area contributed by atoms with Crippen LogP contribution in [0, 0.1) is 0 Å². The lowest BCUT2D eigenvalue weighted by molar-refractivity contribution is -0.209. The van der Waals surface area contributed by atoms with Gasteiger partial charge in [0, 0.05) is 12.8 Å². The van der Waals surface area contributed by atoms with Crippen molar-refractivity contribution in [3.63, 3.8) is 0 Å². The van der Waals surface area contributed by atoms with Crippen LogP contribution in [0.1, 0.15) is 206 Å². The molecular formula is C43H86O22P4. The number of phosphoric ester groups is 4. The zero-order valence-electron chi connectivity index (χ0n) is 40.8. The second-order valence-corrected chi connectivity index (χ2v) is 23.0. The molecule has 0 aromatic rings. The Morgan fingerprint density at radius 2 is 0.710 bits per heavy atom. The van der Waals surface area contributed by atoms with Crippen LogP contribution in [0.5, 0.6) is 0 Å². The van der Waals surface area contributed by atoms with Crippen molar-refractivity contribution < 1.29 is 104 Å². The number of carbonyl (C=O) groups excluding carboxylic acids is 2. The Hall–Kier alpha value is -0.700. The molecule has 0 aromatic carbocycles. The van der Waals surface area contributed by atoms with Gasteiger partial charge in [-0.25, -0.2) is 18.3 Å². The lowest BCUT2D eigenvalue weighted by Crippen LogP contribution is -2.65. The minimum atomic E-state index is -5.78. The molecule has 0 aromatic heterocycles. The monoisotopic (exact) mass is 1080 g/mol. The summed E-state index contributed by atoms with van der Waals surface area (Å²) in [6.45, 7) is 2.77. The van der Waals surface area contributed by atoms with E-state index in [1.165, 1.54) is 103 Å². The second-order valence-electron chi connectivity index (χ2n) is 18.0. The third kappa shape index (κ3) is 35.2. The summed E-state index contributed by atoms with van der Waals surface area (Å²) in [5.41, 5.74) is 0. The predicted octanol–water partition coefficient (Wildman–Crippen LogP) is 8.86. The van der Waals surface area contributed by atoms with Crippen LogP contribution in [0.25, 0.3) is 0 Å². The third-order valence-electron chi connectivity index (χ3n) is 11.6. The normalized spacial score (nSPS) is 21.5. The highest BCUT2D eigenvalue weighted by Crippen LogP contribution is 2.53. The maximum atomic E-state index is 13.3. The van der Waals surface area contributed by atoms with Gasteiger partial charge in [-0.15, -0.1) is 0 Å². The molecule has 0 heterocycles. The number of carbonyl (C=O) groups is 2. The first kappa shape index (κ1) is 66.3. The van der Waals surface area contributed by atoms with Gasteiger partial charge in [-0.3, -0.25) is 32.2 Å². The molecule has 69 heavy (non-hydrogen) atoms. The Labute approximate surface area is 409 Å². The fourth-order valence-corrected chi connectivity index (χ4v) is 10.7. The summed E-state index contributed by atoms with van der Waals surface area (Å²) in [6, 6.07) is 0. The van der Waals surface area contributed by atoms with Crippen molar-refractivity contribution in [1.82, 2.24) is 0 Å². The summed E-state index contributed by atoms with van der Waals surface area (Å²) >= 11 is 0. The van der Waals surface area contributed by atoms with Crippen molar-refractivity contribution in [1.29, 1.82) is 0 Å². The number of aliphatic hydroxyl groups excluding tert-OH is 2. The van der Waals surface area contributed by atoms with Crippen LogP contribution in [-0.2, 0) is 59.9 Å². The number of hydrogen-bond donors (Lipinski definition) is 9. The molecule has 1 aliphatic rings. The summed E-state index contributed by atoms with van der Waals surface area (Å²) in [7, 11) is -23.0. The molecule has 1 saturated carbocycles. The molecule has 1 aliphatic carbocycles. The van der Waals surface area contributed by atoms with E-state index in [1.807, 2.05) is 0 Å². The van der Waals surface area contributed by atoms with Crippen LogP contribution in [0.2, 0.25) is 0 Å². The van der Waals surface area contributed by atoms with Gasteiger partial charge in [0.05, 0.1) is 6.61 Å². The van der Waals surface area contributed by atoms with E-state index in [0.717, 1.165) is 64.2 Å². The highest BCUT2D eigenvalue weighted by atomic mass is 31.2. The van der Waals surface area contributed by atoms with Gasteiger partial charge in [-0.05, 0) is 12.8 Å². The van der Waals surface area contributed by atoms with Crippen LogP contribution in [0.4, 0.5) is 0 Å². The molecule has 6 atom stereocenters. The predicted molar refractivity (Wildman–Crippen MR) is 254 cm³/mol. The molecule has 0 amide bonds. The number of rotatable bonds is 44. The average Bonchev–Trinajstić information content (AvgIpc) is 3.25. The molecule has 0 saturated heterocycles. The van der Waals surface area contributed by atoms with E-state index in [2.05, 4.69) is 27.4 Å². The summed E-state index contributed by atoms with van der Waals surface area (Å²) in [4.78, 5) is 92.9. The van der Waals surface area contributed by atoms with Crippen LogP contribution in [0.15, 0.2) is 0 Å². The number of hydrogen-bond acceptors (Lipinski definition) is 15. The molecule has 1 rings (SSSR count). The molecule has 22 nitrogen and oxygen atoms in total. The Morgan fingerprint density at radius 3 is 1.04 bits per heavy atom. The Morgan fingerprint density at radius 1 is 0.406 bits per heavy atom. The molecule has 1 fully saturated rings. The van der Waals surface area contributed by atoms with Gasteiger partial charge in [0.15, 0.2) is 6.10 Å². The lowest BCUT2D eigenvalue weighted by Gasteiger charge is -2.45. The van der Waals surface area contributed by atoms with Gasteiger partial charge in [-0.1, -0.05) is 181 Å². The minimum Gasteiger partial charge on any atom is -0.462 e. The fourth-order valence-electron chi connectivity index (χ4n) is 8.02. The van der Waals surface area contributed by atoms with Crippen molar-refractivity contribution in [2.45, 2.75) is 249 Å². The van der Waals surface area contributed by atoms with Crippen LogP contribution < -0.4 is 0 Å². The lowest BCUT2D eigenvalue weighted by atomic mass is 9.85. The largest absolute Gasteiger partial charge is 0.472 e. The average molecular weight is 1080 g/mol. The van der Waals surface area contributed by atoms with Gasteiger partial charge in [0.1, 0.15) is 43.2 Å². The molecule has 26 heteroatoms. The van der Waals surface area contributed by atoms with Gasteiger partial charge < -0.3 is 53.9 Å². The zero-order chi connectivity index (χ0) is 51.8. The standard InChI is InChI=1S/C43H86O22P4/c1-3-5-7-9-11-13-15-17-18-20-22-24-26-28-30-32-37(45)61-35(33-59-36(44)31-29-27-25-23-21-19-16-14-12-10-8-6-4-2)34-60-69(57,58)65-40-38(46)41(62-66(48,49)50)43(64-68(54,55)56)42(39(40)47)63-67(51,52)53/h35,38-43,46-47H,3-34H2,1-2H3,(H,57,58)(H2,48,49,50)(H2,51,52,53)(H2,54,55,56). The number of aliphatic hydroxyl groups is 2. The Balaban J connectivity index is 2.88. The molecule has 0 bridgehead atoms. The minimum absolute atomic E-state index is 0.0416. The van der Waals surface area contributed by atoms with Crippen LogP contribution >= 0.6 is 31.3 Å². The first-order chi connectivity index (χ1) is 32.5.